The molecule has 2 aromatic carbocycles. The van der Waals surface area contributed by atoms with E-state index < -0.39 is 0 Å². The standard InChI is InChI=1S/C18H16Cl2S/c1-3-5-13-11-15(19)7-9-17(13)21-18-10-8-16(20)12-14(18)6-4-2/h3-4,7-12H,1-2,5-6H2. The first-order valence-electron chi connectivity index (χ1n) is 6.60. The van der Waals surface area contributed by atoms with Gasteiger partial charge in [-0.15, -0.1) is 13.2 Å². The lowest BCUT2D eigenvalue weighted by Crippen LogP contribution is -1.90. The highest BCUT2D eigenvalue weighted by Crippen LogP contribution is 2.35. The fourth-order valence-corrected chi connectivity index (χ4v) is 3.49. The number of rotatable bonds is 6. The highest BCUT2D eigenvalue weighted by atomic mass is 35.5. The molecule has 0 atom stereocenters. The van der Waals surface area contributed by atoms with Gasteiger partial charge in [-0.25, -0.2) is 0 Å². The maximum Gasteiger partial charge on any atom is 0.0409 e. The SMILES string of the molecule is C=CCc1cc(Cl)ccc1Sc1ccc(Cl)cc1CC=C. The van der Waals surface area contributed by atoms with Crippen molar-refractivity contribution in [2.24, 2.45) is 0 Å². The number of hydrogen-bond acceptors (Lipinski definition) is 1. The van der Waals surface area contributed by atoms with Crippen molar-refractivity contribution < 1.29 is 0 Å². The molecule has 0 heterocycles. The van der Waals surface area contributed by atoms with Crippen LogP contribution in [0.1, 0.15) is 11.1 Å². The average Bonchev–Trinajstić information content (AvgIpc) is 2.45. The zero-order chi connectivity index (χ0) is 15.2. The lowest BCUT2D eigenvalue weighted by molar-refractivity contribution is 1.16. The van der Waals surface area contributed by atoms with Crippen LogP contribution in [0.25, 0.3) is 0 Å². The van der Waals surface area contributed by atoms with Gasteiger partial charge in [-0.1, -0.05) is 47.1 Å². The summed E-state index contributed by atoms with van der Waals surface area (Å²) in [6.45, 7) is 7.62. The summed E-state index contributed by atoms with van der Waals surface area (Å²) in [6, 6.07) is 11.9. The predicted molar refractivity (Wildman–Crippen MR) is 94.8 cm³/mol. The van der Waals surface area contributed by atoms with Gasteiger partial charge < -0.3 is 0 Å². The van der Waals surface area contributed by atoms with Crippen molar-refractivity contribution in [3.05, 3.63) is 82.9 Å². The van der Waals surface area contributed by atoms with Crippen LogP contribution in [-0.4, -0.2) is 0 Å². The minimum atomic E-state index is 0.749. The Balaban J connectivity index is 2.37. The topological polar surface area (TPSA) is 0 Å². The zero-order valence-corrected chi connectivity index (χ0v) is 13.9. The van der Waals surface area contributed by atoms with Gasteiger partial charge in [0.05, 0.1) is 0 Å². The fourth-order valence-electron chi connectivity index (χ4n) is 2.04. The van der Waals surface area contributed by atoms with Crippen molar-refractivity contribution >= 4 is 35.0 Å². The molecule has 0 radical (unpaired) electrons. The lowest BCUT2D eigenvalue weighted by Gasteiger charge is -2.12. The van der Waals surface area contributed by atoms with Crippen molar-refractivity contribution in [1.29, 1.82) is 0 Å². The van der Waals surface area contributed by atoms with Crippen molar-refractivity contribution in [1.82, 2.24) is 0 Å². The second-order valence-electron chi connectivity index (χ2n) is 4.59. The normalized spacial score (nSPS) is 10.4. The highest BCUT2D eigenvalue weighted by Gasteiger charge is 2.08. The van der Waals surface area contributed by atoms with Crippen LogP contribution < -0.4 is 0 Å². The molecule has 0 amide bonds. The minimum absolute atomic E-state index is 0.749. The third kappa shape index (κ3) is 4.41. The van der Waals surface area contributed by atoms with Crippen molar-refractivity contribution in [2.45, 2.75) is 22.6 Å². The van der Waals surface area contributed by atoms with Crippen molar-refractivity contribution in [2.75, 3.05) is 0 Å². The monoisotopic (exact) mass is 334 g/mol. The Labute approximate surface area is 140 Å². The third-order valence-electron chi connectivity index (χ3n) is 2.99. The fraction of sp³-hybridized carbons (Fsp3) is 0.111. The summed E-state index contributed by atoms with van der Waals surface area (Å²) < 4.78 is 0. The molecule has 0 spiro atoms. The Morgan fingerprint density at radius 3 is 1.62 bits per heavy atom. The average molecular weight is 335 g/mol. The summed E-state index contributed by atoms with van der Waals surface area (Å²) >= 11 is 13.9. The van der Waals surface area contributed by atoms with Crippen LogP contribution in [-0.2, 0) is 12.8 Å². The minimum Gasteiger partial charge on any atom is -0.103 e. The van der Waals surface area contributed by atoms with Gasteiger partial charge in [0.15, 0.2) is 0 Å². The molecule has 0 saturated heterocycles. The largest absolute Gasteiger partial charge is 0.103 e. The van der Waals surface area contributed by atoms with Crippen LogP contribution in [0.15, 0.2) is 71.5 Å². The number of halogens is 2. The molecule has 0 aliphatic rings. The van der Waals surface area contributed by atoms with E-state index in [1.165, 1.54) is 20.9 Å². The molecule has 0 unspecified atom stereocenters. The molecule has 108 valence electrons. The Morgan fingerprint density at radius 1 is 0.810 bits per heavy atom. The Morgan fingerprint density at radius 2 is 1.24 bits per heavy atom. The Bertz CT molecular complexity index is 605. The summed E-state index contributed by atoms with van der Waals surface area (Å²) in [5.41, 5.74) is 2.36. The molecular weight excluding hydrogens is 319 g/mol. The Kier molecular flexibility index (Phi) is 5.98. The first-order valence-corrected chi connectivity index (χ1v) is 8.17. The zero-order valence-electron chi connectivity index (χ0n) is 11.6. The summed E-state index contributed by atoms with van der Waals surface area (Å²) in [6.07, 6.45) is 5.38. The van der Waals surface area contributed by atoms with Gasteiger partial charge in [0.2, 0.25) is 0 Å². The Hall–Kier alpha value is -1.15. The molecule has 0 aliphatic heterocycles. The van der Waals surface area contributed by atoms with Gasteiger partial charge in [0, 0.05) is 19.8 Å². The first kappa shape index (κ1) is 16.2. The van der Waals surface area contributed by atoms with Crippen LogP contribution in [0.2, 0.25) is 10.0 Å². The quantitative estimate of drug-likeness (QED) is 0.536. The van der Waals surface area contributed by atoms with E-state index in [0.717, 1.165) is 22.9 Å². The smallest absolute Gasteiger partial charge is 0.0409 e. The molecule has 0 aromatic heterocycles. The van der Waals surface area contributed by atoms with E-state index in [9.17, 15) is 0 Å². The maximum absolute atomic E-state index is 6.08. The van der Waals surface area contributed by atoms with E-state index in [2.05, 4.69) is 25.3 Å². The van der Waals surface area contributed by atoms with Crippen molar-refractivity contribution in [3.8, 4) is 0 Å². The lowest BCUT2D eigenvalue weighted by atomic mass is 10.1. The van der Waals surface area contributed by atoms with Crippen LogP contribution in [0.3, 0.4) is 0 Å². The summed E-state index contributed by atoms with van der Waals surface area (Å²) in [5.74, 6) is 0. The molecule has 21 heavy (non-hydrogen) atoms. The molecule has 0 bridgehead atoms. The number of allylic oxidation sites excluding steroid dienone is 2. The molecule has 2 rings (SSSR count). The van der Waals surface area contributed by atoms with Gasteiger partial charge in [-0.3, -0.25) is 0 Å². The summed E-state index contributed by atoms with van der Waals surface area (Å²) in [7, 11) is 0. The summed E-state index contributed by atoms with van der Waals surface area (Å²) in [4.78, 5) is 2.37. The molecule has 0 N–H and O–H groups in total. The predicted octanol–water partition coefficient (Wildman–Crippen LogP) is 6.60. The van der Waals surface area contributed by atoms with Gasteiger partial charge in [-0.05, 0) is 60.4 Å². The van der Waals surface area contributed by atoms with Gasteiger partial charge in [0.25, 0.3) is 0 Å². The molecule has 3 heteroatoms. The summed E-state index contributed by atoms with van der Waals surface area (Å²) in [5, 5.41) is 1.50. The van der Waals surface area contributed by atoms with Gasteiger partial charge >= 0.3 is 0 Å². The first-order chi connectivity index (χ1) is 10.1. The van der Waals surface area contributed by atoms with Crippen molar-refractivity contribution in [3.63, 3.8) is 0 Å². The van der Waals surface area contributed by atoms with Crippen LogP contribution in [0, 0.1) is 0 Å². The molecule has 0 fully saturated rings. The third-order valence-corrected chi connectivity index (χ3v) is 4.70. The number of hydrogen-bond donors (Lipinski definition) is 0. The van der Waals surface area contributed by atoms with E-state index in [0.29, 0.717) is 0 Å². The van der Waals surface area contributed by atoms with E-state index in [-0.39, 0.29) is 0 Å². The van der Waals surface area contributed by atoms with Crippen LogP contribution in [0.4, 0.5) is 0 Å². The molecule has 2 aromatic rings. The van der Waals surface area contributed by atoms with E-state index in [1.54, 1.807) is 11.8 Å². The molecule has 0 saturated carbocycles. The van der Waals surface area contributed by atoms with Crippen LogP contribution >= 0.6 is 35.0 Å². The second kappa shape index (κ2) is 7.74. The van der Waals surface area contributed by atoms with E-state index in [4.69, 9.17) is 23.2 Å². The molecule has 0 nitrogen and oxygen atoms in total. The van der Waals surface area contributed by atoms with Gasteiger partial charge in [0.1, 0.15) is 0 Å². The number of benzene rings is 2. The maximum atomic E-state index is 6.08. The highest BCUT2D eigenvalue weighted by molar-refractivity contribution is 7.99. The van der Waals surface area contributed by atoms with E-state index in [1.807, 2.05) is 36.4 Å². The van der Waals surface area contributed by atoms with Gasteiger partial charge in [-0.2, -0.15) is 0 Å². The molecule has 0 aliphatic carbocycles. The van der Waals surface area contributed by atoms with Crippen LogP contribution in [0.5, 0.6) is 0 Å². The second-order valence-corrected chi connectivity index (χ2v) is 6.55. The molecular formula is C18H16Cl2S. The van der Waals surface area contributed by atoms with E-state index >= 15 is 0 Å².